The lowest BCUT2D eigenvalue weighted by Crippen LogP contribution is -2.00. The van der Waals surface area contributed by atoms with Crippen LogP contribution in [0.5, 0.6) is 0 Å². The third-order valence-corrected chi connectivity index (χ3v) is 2.29. The van der Waals surface area contributed by atoms with Gasteiger partial charge in [0.1, 0.15) is 0 Å². The maximum Gasteiger partial charge on any atom is 0.313 e. The minimum Gasteiger partial charge on any atom is -0.481 e. The minimum absolute atomic E-state index is 0.0961. The molecule has 0 aliphatic rings. The largest absolute Gasteiger partial charge is 0.481 e. The smallest absolute Gasteiger partial charge is 0.313 e. The molecular formula is C6H10O2S2. The standard InChI is InChI=1S/C6H10O2S2/c1-2-3-6(9)10-4-5(7)8/h2-4H2,1H3,(H,7,8). The third-order valence-electron chi connectivity index (χ3n) is 0.811. The highest BCUT2D eigenvalue weighted by Gasteiger charge is 2.00. The Bertz CT molecular complexity index is 134. The van der Waals surface area contributed by atoms with Crippen LogP contribution in [0, 0.1) is 0 Å². The van der Waals surface area contributed by atoms with Gasteiger partial charge in [0.25, 0.3) is 0 Å². The third kappa shape index (κ3) is 6.04. The van der Waals surface area contributed by atoms with Crippen molar-refractivity contribution in [3.05, 3.63) is 0 Å². The molecule has 0 bridgehead atoms. The van der Waals surface area contributed by atoms with Gasteiger partial charge in [-0.15, -0.1) is 11.8 Å². The van der Waals surface area contributed by atoms with E-state index in [0.29, 0.717) is 0 Å². The van der Waals surface area contributed by atoms with E-state index in [1.54, 1.807) is 0 Å². The Morgan fingerprint density at radius 1 is 1.70 bits per heavy atom. The number of aliphatic carboxylic acids is 1. The second-order valence-corrected chi connectivity index (χ2v) is 3.63. The minimum atomic E-state index is -0.802. The van der Waals surface area contributed by atoms with E-state index in [-0.39, 0.29) is 5.75 Å². The molecule has 0 aromatic heterocycles. The van der Waals surface area contributed by atoms with Gasteiger partial charge in [0, 0.05) is 4.20 Å². The summed E-state index contributed by atoms with van der Waals surface area (Å²) in [5.41, 5.74) is 0. The Kier molecular flexibility index (Phi) is 5.63. The molecule has 0 amide bonds. The molecule has 58 valence electrons. The van der Waals surface area contributed by atoms with Crippen molar-refractivity contribution in [2.24, 2.45) is 0 Å². The van der Waals surface area contributed by atoms with Gasteiger partial charge in [0.2, 0.25) is 0 Å². The first-order chi connectivity index (χ1) is 4.66. The molecule has 10 heavy (non-hydrogen) atoms. The molecule has 0 atom stereocenters. The summed E-state index contributed by atoms with van der Waals surface area (Å²) in [6.07, 6.45) is 1.83. The van der Waals surface area contributed by atoms with Crippen LogP contribution in [0.3, 0.4) is 0 Å². The summed E-state index contributed by atoms with van der Waals surface area (Å²) < 4.78 is 0.796. The molecule has 0 aromatic carbocycles. The first-order valence-corrected chi connectivity index (χ1v) is 4.43. The lowest BCUT2D eigenvalue weighted by atomic mass is 10.4. The molecule has 4 heteroatoms. The van der Waals surface area contributed by atoms with Crippen LogP contribution in [0.2, 0.25) is 0 Å². The van der Waals surface area contributed by atoms with Gasteiger partial charge in [0.15, 0.2) is 0 Å². The number of thiocarbonyl (C=S) groups is 1. The van der Waals surface area contributed by atoms with Crippen LogP contribution >= 0.6 is 24.0 Å². The molecule has 0 unspecified atom stereocenters. The zero-order chi connectivity index (χ0) is 7.98. The molecule has 0 spiro atoms. The average Bonchev–Trinajstić information content (AvgIpc) is 1.85. The number of hydrogen-bond donors (Lipinski definition) is 1. The lowest BCUT2D eigenvalue weighted by molar-refractivity contribution is -0.133. The molecular weight excluding hydrogens is 168 g/mol. The van der Waals surface area contributed by atoms with Gasteiger partial charge in [-0.1, -0.05) is 25.6 Å². The van der Waals surface area contributed by atoms with Gasteiger partial charge in [-0.3, -0.25) is 4.79 Å². The van der Waals surface area contributed by atoms with E-state index in [4.69, 9.17) is 17.3 Å². The predicted molar refractivity (Wildman–Crippen MR) is 47.6 cm³/mol. The van der Waals surface area contributed by atoms with E-state index < -0.39 is 5.97 Å². The van der Waals surface area contributed by atoms with Crippen molar-refractivity contribution < 1.29 is 9.90 Å². The summed E-state index contributed by atoms with van der Waals surface area (Å²) in [6, 6.07) is 0. The Hall–Kier alpha value is -0.0900. The van der Waals surface area contributed by atoms with E-state index in [9.17, 15) is 4.79 Å². The van der Waals surface area contributed by atoms with Crippen LogP contribution < -0.4 is 0 Å². The SMILES string of the molecule is CCCC(=S)SCC(=O)O. The normalized spacial score (nSPS) is 9.30. The van der Waals surface area contributed by atoms with E-state index in [2.05, 4.69) is 0 Å². The Balaban J connectivity index is 3.30. The van der Waals surface area contributed by atoms with Crippen LogP contribution in [-0.4, -0.2) is 21.0 Å². The fourth-order valence-corrected chi connectivity index (χ4v) is 1.43. The predicted octanol–water partition coefficient (Wildman–Crippen LogP) is 1.93. The van der Waals surface area contributed by atoms with Crippen LogP contribution in [-0.2, 0) is 4.79 Å². The fraction of sp³-hybridized carbons (Fsp3) is 0.667. The van der Waals surface area contributed by atoms with Crippen molar-refractivity contribution in [3.8, 4) is 0 Å². The maximum atomic E-state index is 10.0. The highest BCUT2D eigenvalue weighted by atomic mass is 32.2. The lowest BCUT2D eigenvalue weighted by Gasteiger charge is -1.96. The molecule has 0 aliphatic carbocycles. The average molecular weight is 178 g/mol. The van der Waals surface area contributed by atoms with Gasteiger partial charge >= 0.3 is 5.97 Å². The van der Waals surface area contributed by atoms with Crippen molar-refractivity contribution in [1.82, 2.24) is 0 Å². The number of thioether (sulfide) groups is 1. The van der Waals surface area contributed by atoms with Crippen LogP contribution in [0.4, 0.5) is 0 Å². The van der Waals surface area contributed by atoms with Crippen molar-refractivity contribution in [2.75, 3.05) is 5.75 Å². The highest BCUT2D eigenvalue weighted by Crippen LogP contribution is 2.08. The molecule has 1 N–H and O–H groups in total. The summed E-state index contributed by atoms with van der Waals surface area (Å²) in [5, 5.41) is 8.25. The molecule has 0 saturated heterocycles. The highest BCUT2D eigenvalue weighted by molar-refractivity contribution is 8.23. The molecule has 0 radical (unpaired) electrons. The van der Waals surface area contributed by atoms with Gasteiger partial charge < -0.3 is 5.11 Å². The van der Waals surface area contributed by atoms with E-state index in [1.165, 1.54) is 11.8 Å². The summed E-state index contributed by atoms with van der Waals surface area (Å²) in [6.45, 7) is 2.02. The zero-order valence-electron chi connectivity index (χ0n) is 5.79. The van der Waals surface area contributed by atoms with Crippen molar-refractivity contribution >= 4 is 34.1 Å². The number of carboxylic acids is 1. The summed E-state index contributed by atoms with van der Waals surface area (Å²) in [7, 11) is 0. The topological polar surface area (TPSA) is 37.3 Å². The van der Waals surface area contributed by atoms with Crippen molar-refractivity contribution in [2.45, 2.75) is 19.8 Å². The first-order valence-electron chi connectivity index (χ1n) is 3.04. The molecule has 0 heterocycles. The number of carboxylic acid groups (broad SMARTS) is 1. The van der Waals surface area contributed by atoms with Gasteiger partial charge in [-0.25, -0.2) is 0 Å². The molecule has 0 aliphatic heterocycles. The molecule has 0 saturated carbocycles. The van der Waals surface area contributed by atoms with Crippen LogP contribution in [0.25, 0.3) is 0 Å². The van der Waals surface area contributed by atoms with E-state index in [0.717, 1.165) is 17.0 Å². The summed E-state index contributed by atoms with van der Waals surface area (Å²) in [4.78, 5) is 10.0. The molecule has 0 aromatic rings. The first kappa shape index (κ1) is 9.91. The quantitative estimate of drug-likeness (QED) is 0.667. The second-order valence-electron chi connectivity index (χ2n) is 1.80. The van der Waals surface area contributed by atoms with E-state index >= 15 is 0 Å². The van der Waals surface area contributed by atoms with Crippen molar-refractivity contribution in [1.29, 1.82) is 0 Å². The Labute approximate surface area is 70.0 Å². The molecule has 0 fully saturated rings. The second kappa shape index (κ2) is 5.68. The summed E-state index contributed by atoms with van der Waals surface area (Å²) in [5.74, 6) is -0.706. The Morgan fingerprint density at radius 2 is 2.30 bits per heavy atom. The van der Waals surface area contributed by atoms with Crippen molar-refractivity contribution in [3.63, 3.8) is 0 Å². The maximum absolute atomic E-state index is 10.0. The number of hydrogen-bond acceptors (Lipinski definition) is 3. The van der Waals surface area contributed by atoms with Crippen LogP contribution in [0.15, 0.2) is 0 Å². The summed E-state index contributed by atoms with van der Waals surface area (Å²) >= 11 is 6.11. The molecule has 2 nitrogen and oxygen atoms in total. The zero-order valence-corrected chi connectivity index (χ0v) is 7.43. The monoisotopic (exact) mass is 178 g/mol. The van der Waals surface area contributed by atoms with Gasteiger partial charge in [-0.05, 0) is 6.42 Å². The fourth-order valence-electron chi connectivity index (χ4n) is 0.419. The van der Waals surface area contributed by atoms with E-state index in [1.807, 2.05) is 6.92 Å². The van der Waals surface area contributed by atoms with Gasteiger partial charge in [0.05, 0.1) is 5.75 Å². The Morgan fingerprint density at radius 3 is 2.70 bits per heavy atom. The van der Waals surface area contributed by atoms with Crippen LogP contribution in [0.1, 0.15) is 19.8 Å². The van der Waals surface area contributed by atoms with Gasteiger partial charge in [-0.2, -0.15) is 0 Å². The number of carbonyl (C=O) groups is 1. The number of rotatable bonds is 4. The molecule has 0 rings (SSSR count).